The van der Waals surface area contributed by atoms with Crippen molar-refractivity contribution in [1.82, 2.24) is 10.3 Å². The van der Waals surface area contributed by atoms with Crippen molar-refractivity contribution in [3.63, 3.8) is 0 Å². The van der Waals surface area contributed by atoms with Gasteiger partial charge in [0.2, 0.25) is 0 Å². The predicted octanol–water partition coefficient (Wildman–Crippen LogP) is 3.95. The van der Waals surface area contributed by atoms with Crippen LogP contribution in [-0.4, -0.2) is 11.0 Å². The Labute approximate surface area is 121 Å². The number of rotatable bonds is 6. The molecule has 1 saturated carbocycles. The molecule has 1 fully saturated rings. The molecule has 2 nitrogen and oxygen atoms in total. The van der Waals surface area contributed by atoms with Crippen LogP contribution >= 0.6 is 0 Å². The molecule has 2 heteroatoms. The first kappa shape index (κ1) is 13.3. The molecule has 2 aromatic rings. The highest BCUT2D eigenvalue weighted by Gasteiger charge is 2.25. The summed E-state index contributed by atoms with van der Waals surface area (Å²) in [5.41, 5.74) is 2.38. The predicted molar refractivity (Wildman–Crippen MR) is 82.5 cm³/mol. The quantitative estimate of drug-likeness (QED) is 0.856. The zero-order valence-electron chi connectivity index (χ0n) is 12.0. The molecule has 0 bridgehead atoms. The van der Waals surface area contributed by atoms with E-state index in [0.717, 1.165) is 11.6 Å². The first-order valence-electron chi connectivity index (χ1n) is 7.55. The zero-order chi connectivity index (χ0) is 13.8. The van der Waals surface area contributed by atoms with Gasteiger partial charge >= 0.3 is 0 Å². The number of aromatic nitrogens is 1. The van der Waals surface area contributed by atoms with E-state index in [2.05, 4.69) is 59.7 Å². The number of benzene rings is 1. The maximum absolute atomic E-state index is 4.54. The summed E-state index contributed by atoms with van der Waals surface area (Å²) in [6, 6.07) is 17.5. The first-order valence-corrected chi connectivity index (χ1v) is 7.55. The molecule has 0 spiro atoms. The van der Waals surface area contributed by atoms with Crippen LogP contribution in [0.3, 0.4) is 0 Å². The van der Waals surface area contributed by atoms with Crippen molar-refractivity contribution in [1.29, 1.82) is 0 Å². The Bertz CT molecular complexity index is 480. The molecule has 1 aromatic heterocycles. The van der Waals surface area contributed by atoms with Gasteiger partial charge in [0.1, 0.15) is 0 Å². The summed E-state index contributed by atoms with van der Waals surface area (Å²) < 4.78 is 0. The fraction of sp³-hybridized carbons (Fsp3) is 0.389. The lowest BCUT2D eigenvalue weighted by Crippen LogP contribution is -2.32. The second kappa shape index (κ2) is 6.19. The van der Waals surface area contributed by atoms with Crippen molar-refractivity contribution in [2.45, 2.75) is 38.3 Å². The van der Waals surface area contributed by atoms with E-state index >= 15 is 0 Å². The van der Waals surface area contributed by atoms with Crippen LogP contribution in [0.4, 0.5) is 0 Å². The normalized spacial score (nSPS) is 17.6. The molecular weight excluding hydrogens is 244 g/mol. The van der Waals surface area contributed by atoms with Gasteiger partial charge in [0.05, 0.1) is 11.7 Å². The van der Waals surface area contributed by atoms with E-state index in [0.29, 0.717) is 6.04 Å². The van der Waals surface area contributed by atoms with Crippen LogP contribution in [0.5, 0.6) is 0 Å². The van der Waals surface area contributed by atoms with Gasteiger partial charge in [0, 0.05) is 12.2 Å². The van der Waals surface area contributed by atoms with Crippen LogP contribution in [-0.2, 0) is 0 Å². The average Bonchev–Trinajstić information content (AvgIpc) is 3.30. The Balaban J connectivity index is 1.79. The van der Waals surface area contributed by atoms with Gasteiger partial charge in [-0.15, -0.1) is 0 Å². The Hall–Kier alpha value is -1.67. The largest absolute Gasteiger partial charge is 0.302 e. The Kier molecular flexibility index (Phi) is 4.12. The highest BCUT2D eigenvalue weighted by Crippen LogP contribution is 2.34. The number of nitrogens with one attached hydrogen (secondary N) is 1. The number of hydrogen-bond acceptors (Lipinski definition) is 2. The number of hydrogen-bond donors (Lipinski definition) is 1. The van der Waals surface area contributed by atoms with E-state index in [1.165, 1.54) is 24.8 Å². The number of nitrogens with zero attached hydrogens (tertiary/aromatic N) is 1. The Morgan fingerprint density at radius 2 is 1.85 bits per heavy atom. The Morgan fingerprint density at radius 3 is 2.50 bits per heavy atom. The van der Waals surface area contributed by atoms with Gasteiger partial charge in [-0.05, 0) is 37.0 Å². The summed E-state index contributed by atoms with van der Waals surface area (Å²) in [4.78, 5) is 4.54. The zero-order valence-corrected chi connectivity index (χ0v) is 12.0. The van der Waals surface area contributed by atoms with Crippen molar-refractivity contribution >= 4 is 0 Å². The van der Waals surface area contributed by atoms with Crippen molar-refractivity contribution in [2.75, 3.05) is 0 Å². The fourth-order valence-electron chi connectivity index (χ4n) is 2.75. The number of pyridine rings is 1. The molecule has 3 rings (SSSR count). The third-order valence-electron chi connectivity index (χ3n) is 3.95. The van der Waals surface area contributed by atoms with Crippen molar-refractivity contribution in [3.8, 4) is 0 Å². The standard InChI is InChI=1S/C18H22N2/c1-14(13-15-10-11-15)20-18(16-7-3-2-4-8-16)17-9-5-6-12-19-17/h2-9,12,14-15,18,20H,10-11,13H2,1H3. The molecule has 1 aliphatic carbocycles. The molecule has 0 radical (unpaired) electrons. The molecule has 104 valence electrons. The highest BCUT2D eigenvalue weighted by atomic mass is 15.0. The van der Waals surface area contributed by atoms with Gasteiger partial charge in [-0.3, -0.25) is 4.98 Å². The smallest absolute Gasteiger partial charge is 0.0753 e. The van der Waals surface area contributed by atoms with Gasteiger partial charge in [-0.25, -0.2) is 0 Å². The van der Waals surface area contributed by atoms with Crippen molar-refractivity contribution in [3.05, 3.63) is 66.0 Å². The maximum atomic E-state index is 4.54. The van der Waals surface area contributed by atoms with E-state index in [1.54, 1.807) is 0 Å². The van der Waals surface area contributed by atoms with Gasteiger partial charge in [-0.2, -0.15) is 0 Å². The lowest BCUT2D eigenvalue weighted by Gasteiger charge is -2.23. The van der Waals surface area contributed by atoms with Crippen LogP contribution in [0.25, 0.3) is 0 Å². The van der Waals surface area contributed by atoms with Crippen LogP contribution in [0, 0.1) is 5.92 Å². The first-order chi connectivity index (χ1) is 9.83. The lowest BCUT2D eigenvalue weighted by molar-refractivity contribution is 0.448. The molecule has 1 aromatic carbocycles. The highest BCUT2D eigenvalue weighted by molar-refractivity contribution is 5.27. The summed E-state index contributed by atoms with van der Waals surface area (Å²) >= 11 is 0. The summed E-state index contributed by atoms with van der Waals surface area (Å²) in [7, 11) is 0. The molecule has 0 saturated heterocycles. The van der Waals surface area contributed by atoms with Gasteiger partial charge in [0.15, 0.2) is 0 Å². The third kappa shape index (κ3) is 3.45. The van der Waals surface area contributed by atoms with E-state index < -0.39 is 0 Å². The molecule has 0 amide bonds. The van der Waals surface area contributed by atoms with Crippen LogP contribution in [0.15, 0.2) is 54.7 Å². The summed E-state index contributed by atoms with van der Waals surface area (Å²) in [5, 5.41) is 3.76. The van der Waals surface area contributed by atoms with Crippen LogP contribution < -0.4 is 5.32 Å². The van der Waals surface area contributed by atoms with E-state index in [9.17, 15) is 0 Å². The minimum absolute atomic E-state index is 0.186. The molecule has 1 aliphatic rings. The minimum atomic E-state index is 0.186. The summed E-state index contributed by atoms with van der Waals surface area (Å²) in [5.74, 6) is 0.942. The maximum Gasteiger partial charge on any atom is 0.0753 e. The second-order valence-corrected chi connectivity index (χ2v) is 5.85. The van der Waals surface area contributed by atoms with Crippen molar-refractivity contribution in [2.24, 2.45) is 5.92 Å². The van der Waals surface area contributed by atoms with Crippen LogP contribution in [0.1, 0.15) is 43.5 Å². The monoisotopic (exact) mass is 266 g/mol. The van der Waals surface area contributed by atoms with E-state index in [4.69, 9.17) is 0 Å². The molecule has 2 unspecified atom stereocenters. The molecule has 0 aliphatic heterocycles. The SMILES string of the molecule is CC(CC1CC1)NC(c1ccccc1)c1ccccn1. The lowest BCUT2D eigenvalue weighted by atomic mass is 10.0. The average molecular weight is 266 g/mol. The van der Waals surface area contributed by atoms with Crippen LogP contribution in [0.2, 0.25) is 0 Å². The van der Waals surface area contributed by atoms with Gasteiger partial charge in [0.25, 0.3) is 0 Å². The van der Waals surface area contributed by atoms with E-state index in [1.807, 2.05) is 12.3 Å². The van der Waals surface area contributed by atoms with Crippen molar-refractivity contribution < 1.29 is 0 Å². The molecule has 1 N–H and O–H groups in total. The molecule has 2 atom stereocenters. The fourth-order valence-corrected chi connectivity index (χ4v) is 2.75. The minimum Gasteiger partial charge on any atom is -0.302 e. The van der Waals surface area contributed by atoms with E-state index in [-0.39, 0.29) is 6.04 Å². The Morgan fingerprint density at radius 1 is 1.10 bits per heavy atom. The molecule has 1 heterocycles. The molecular formula is C18H22N2. The third-order valence-corrected chi connectivity index (χ3v) is 3.95. The molecule has 20 heavy (non-hydrogen) atoms. The van der Waals surface area contributed by atoms with Gasteiger partial charge in [-0.1, -0.05) is 49.2 Å². The summed E-state index contributed by atoms with van der Waals surface area (Å²) in [6.07, 6.45) is 5.96. The topological polar surface area (TPSA) is 24.9 Å². The second-order valence-electron chi connectivity index (χ2n) is 5.85. The summed E-state index contributed by atoms with van der Waals surface area (Å²) in [6.45, 7) is 2.29. The van der Waals surface area contributed by atoms with Gasteiger partial charge < -0.3 is 5.32 Å².